The first kappa shape index (κ1) is 18.2. The van der Waals surface area contributed by atoms with Crippen LogP contribution in [0.2, 0.25) is 0 Å². The van der Waals surface area contributed by atoms with E-state index >= 15 is 0 Å². The number of piperazine rings is 1. The number of aliphatic hydroxyl groups excluding tert-OH is 1. The minimum absolute atomic E-state index is 0.00897. The first-order valence-corrected chi connectivity index (χ1v) is 8.69. The fraction of sp³-hybridized carbons (Fsp3) is 0.350. The molecule has 0 aromatic heterocycles. The van der Waals surface area contributed by atoms with Crippen LogP contribution in [0.1, 0.15) is 5.56 Å². The normalized spacial score (nSPS) is 15.2. The summed E-state index contributed by atoms with van der Waals surface area (Å²) in [5, 5.41) is 8.86. The number of rotatable bonds is 7. The lowest BCUT2D eigenvalue weighted by molar-refractivity contribution is -0.121. The van der Waals surface area contributed by atoms with Crippen LogP contribution in [0.5, 0.6) is 11.5 Å². The molecular weight excluding hydrogens is 332 g/mol. The Hall–Kier alpha value is -2.57. The van der Waals surface area contributed by atoms with E-state index in [1.54, 1.807) is 12.0 Å². The molecule has 0 atom stereocenters. The van der Waals surface area contributed by atoms with Crippen LogP contribution in [0.25, 0.3) is 0 Å². The van der Waals surface area contributed by atoms with Gasteiger partial charge < -0.3 is 19.5 Å². The van der Waals surface area contributed by atoms with Gasteiger partial charge in [-0.15, -0.1) is 0 Å². The van der Waals surface area contributed by atoms with Crippen molar-refractivity contribution >= 4 is 11.6 Å². The number of carbonyl (C=O) groups is 1. The lowest BCUT2D eigenvalue weighted by atomic mass is 10.1. The van der Waals surface area contributed by atoms with Gasteiger partial charge in [0, 0.05) is 31.4 Å². The smallest absolute Gasteiger partial charge is 0.241 e. The van der Waals surface area contributed by atoms with Crippen molar-refractivity contribution in [1.29, 1.82) is 0 Å². The van der Waals surface area contributed by atoms with Crippen molar-refractivity contribution in [3.63, 3.8) is 0 Å². The van der Waals surface area contributed by atoms with Gasteiger partial charge >= 0.3 is 0 Å². The van der Waals surface area contributed by atoms with Crippen molar-refractivity contribution in [3.8, 4) is 11.5 Å². The maximum atomic E-state index is 12.6. The van der Waals surface area contributed by atoms with Crippen LogP contribution >= 0.6 is 0 Å². The molecule has 1 amide bonds. The summed E-state index contributed by atoms with van der Waals surface area (Å²) in [6.07, 6.45) is 0. The predicted molar refractivity (Wildman–Crippen MR) is 99.6 cm³/mol. The predicted octanol–water partition coefficient (Wildman–Crippen LogP) is 1.92. The molecule has 0 spiro atoms. The minimum atomic E-state index is -0.00897. The van der Waals surface area contributed by atoms with Crippen LogP contribution in [0.3, 0.4) is 0 Å². The first-order valence-electron chi connectivity index (χ1n) is 8.69. The van der Waals surface area contributed by atoms with Gasteiger partial charge in [-0.25, -0.2) is 0 Å². The molecule has 0 bridgehead atoms. The quantitative estimate of drug-likeness (QED) is 0.821. The highest BCUT2D eigenvalue weighted by Crippen LogP contribution is 2.23. The summed E-state index contributed by atoms with van der Waals surface area (Å²) in [4.78, 5) is 16.5. The number of benzene rings is 2. The number of hydrogen-bond donors (Lipinski definition) is 1. The molecule has 138 valence electrons. The Morgan fingerprint density at radius 2 is 1.88 bits per heavy atom. The second-order valence-corrected chi connectivity index (χ2v) is 6.18. The minimum Gasteiger partial charge on any atom is -0.497 e. The van der Waals surface area contributed by atoms with Gasteiger partial charge in [0.2, 0.25) is 5.91 Å². The third kappa shape index (κ3) is 4.53. The highest BCUT2D eigenvalue weighted by molar-refractivity contribution is 5.95. The van der Waals surface area contributed by atoms with E-state index in [2.05, 4.69) is 4.90 Å². The Morgan fingerprint density at radius 1 is 1.08 bits per heavy atom. The summed E-state index contributed by atoms with van der Waals surface area (Å²) in [7, 11) is 1.62. The van der Waals surface area contributed by atoms with Crippen LogP contribution in [0.15, 0.2) is 48.5 Å². The molecule has 1 heterocycles. The van der Waals surface area contributed by atoms with Gasteiger partial charge in [0.25, 0.3) is 0 Å². The topological polar surface area (TPSA) is 62.2 Å². The second kappa shape index (κ2) is 8.69. The van der Waals surface area contributed by atoms with Gasteiger partial charge in [0.1, 0.15) is 18.1 Å². The van der Waals surface area contributed by atoms with Gasteiger partial charge in [-0.2, -0.15) is 0 Å². The van der Waals surface area contributed by atoms with Crippen LogP contribution in [-0.4, -0.2) is 55.9 Å². The third-order valence-electron chi connectivity index (χ3n) is 4.33. The summed E-state index contributed by atoms with van der Waals surface area (Å²) in [5.41, 5.74) is 1.96. The molecule has 2 aromatic rings. The average molecular weight is 356 g/mol. The number of methoxy groups -OCH3 is 1. The Balaban J connectivity index is 1.61. The molecule has 0 unspecified atom stereocenters. The molecule has 0 aliphatic carbocycles. The number of anilines is 1. The zero-order valence-electron chi connectivity index (χ0n) is 14.9. The van der Waals surface area contributed by atoms with Crippen LogP contribution in [0, 0.1) is 0 Å². The maximum Gasteiger partial charge on any atom is 0.241 e. The number of hydrogen-bond acceptors (Lipinski definition) is 5. The van der Waals surface area contributed by atoms with E-state index in [0.717, 1.165) is 29.3 Å². The molecule has 1 saturated heterocycles. The molecule has 1 N–H and O–H groups in total. The Bertz CT molecular complexity index is 750. The van der Waals surface area contributed by atoms with Crippen molar-refractivity contribution < 1.29 is 19.4 Å². The number of carbonyl (C=O) groups excluding carboxylic acids is 1. The zero-order valence-corrected chi connectivity index (χ0v) is 14.9. The van der Waals surface area contributed by atoms with Crippen LogP contribution in [0.4, 0.5) is 5.69 Å². The van der Waals surface area contributed by atoms with E-state index in [1.165, 1.54) is 0 Å². The van der Waals surface area contributed by atoms with E-state index in [9.17, 15) is 4.79 Å². The summed E-state index contributed by atoms with van der Waals surface area (Å²) >= 11 is 0. The molecule has 0 radical (unpaired) electrons. The first-order chi connectivity index (χ1) is 12.7. The molecule has 2 aromatic carbocycles. The summed E-state index contributed by atoms with van der Waals surface area (Å²) in [5.74, 6) is 1.56. The van der Waals surface area contributed by atoms with Crippen molar-refractivity contribution in [3.05, 3.63) is 54.1 Å². The Kier molecular flexibility index (Phi) is 6.09. The van der Waals surface area contributed by atoms with E-state index in [4.69, 9.17) is 14.6 Å². The van der Waals surface area contributed by atoms with E-state index < -0.39 is 0 Å². The largest absolute Gasteiger partial charge is 0.497 e. The molecule has 6 nitrogen and oxygen atoms in total. The fourth-order valence-electron chi connectivity index (χ4n) is 3.06. The maximum absolute atomic E-state index is 12.6. The van der Waals surface area contributed by atoms with Crippen molar-refractivity contribution in [2.75, 3.05) is 44.9 Å². The highest BCUT2D eigenvalue weighted by atomic mass is 16.5. The lowest BCUT2D eigenvalue weighted by Crippen LogP contribution is -2.50. The van der Waals surface area contributed by atoms with Crippen molar-refractivity contribution in [2.45, 2.75) is 6.54 Å². The van der Waals surface area contributed by atoms with Crippen LogP contribution < -0.4 is 14.4 Å². The third-order valence-corrected chi connectivity index (χ3v) is 4.33. The summed E-state index contributed by atoms with van der Waals surface area (Å²) in [6, 6.07) is 15.3. The molecule has 1 fully saturated rings. The monoisotopic (exact) mass is 356 g/mol. The van der Waals surface area contributed by atoms with Gasteiger partial charge in [0.05, 0.1) is 20.3 Å². The van der Waals surface area contributed by atoms with E-state index in [-0.39, 0.29) is 19.1 Å². The number of nitrogens with zero attached hydrogens (tertiary/aromatic N) is 2. The molecular formula is C20H24N2O4. The second-order valence-electron chi connectivity index (χ2n) is 6.18. The van der Waals surface area contributed by atoms with E-state index in [0.29, 0.717) is 19.6 Å². The molecule has 3 rings (SSSR count). The number of aliphatic hydroxyl groups is 1. The number of ether oxygens (including phenoxy) is 2. The van der Waals surface area contributed by atoms with Crippen LogP contribution in [-0.2, 0) is 11.3 Å². The standard InChI is InChI=1S/C20H24N2O4/c1-25-18-6-3-5-17(13-18)22-9-8-21(15-20(22)24)14-16-4-2-7-19(12-16)26-11-10-23/h2-7,12-13,23H,8-11,14-15H2,1H3. The molecule has 26 heavy (non-hydrogen) atoms. The molecule has 6 heteroatoms. The molecule has 1 aliphatic heterocycles. The molecule has 1 aliphatic rings. The van der Waals surface area contributed by atoms with Crippen molar-refractivity contribution in [2.24, 2.45) is 0 Å². The SMILES string of the molecule is COc1cccc(N2CCN(Cc3cccc(OCCO)c3)CC2=O)c1. The Labute approximate surface area is 153 Å². The zero-order chi connectivity index (χ0) is 18.4. The molecule has 0 saturated carbocycles. The fourth-order valence-corrected chi connectivity index (χ4v) is 3.06. The van der Waals surface area contributed by atoms with Gasteiger partial charge in [0.15, 0.2) is 0 Å². The average Bonchev–Trinajstić information content (AvgIpc) is 2.67. The van der Waals surface area contributed by atoms with Gasteiger partial charge in [-0.05, 0) is 29.8 Å². The summed E-state index contributed by atoms with van der Waals surface area (Å²) in [6.45, 7) is 2.77. The number of amides is 1. The Morgan fingerprint density at radius 3 is 2.65 bits per heavy atom. The van der Waals surface area contributed by atoms with E-state index in [1.807, 2.05) is 48.5 Å². The lowest BCUT2D eigenvalue weighted by Gasteiger charge is -2.34. The van der Waals surface area contributed by atoms with Gasteiger partial charge in [-0.3, -0.25) is 9.69 Å². The summed E-state index contributed by atoms with van der Waals surface area (Å²) < 4.78 is 10.7. The van der Waals surface area contributed by atoms with Crippen molar-refractivity contribution in [1.82, 2.24) is 4.90 Å². The van der Waals surface area contributed by atoms with Gasteiger partial charge in [-0.1, -0.05) is 18.2 Å². The highest BCUT2D eigenvalue weighted by Gasteiger charge is 2.25.